The van der Waals surface area contributed by atoms with Crippen molar-refractivity contribution < 1.29 is 22.4 Å². The highest BCUT2D eigenvalue weighted by Gasteiger charge is 2.24. The van der Waals surface area contributed by atoms with E-state index >= 15 is 0 Å². The van der Waals surface area contributed by atoms with Crippen LogP contribution in [-0.4, -0.2) is 20.7 Å². The number of carbonyl (C=O) groups excluding carboxylic acids is 1. The van der Waals surface area contributed by atoms with Crippen LogP contribution in [-0.2, 0) is 11.3 Å². The van der Waals surface area contributed by atoms with E-state index in [0.29, 0.717) is 11.8 Å². The molecule has 1 aromatic carbocycles. The highest BCUT2D eigenvalue weighted by Crippen LogP contribution is 2.32. The summed E-state index contributed by atoms with van der Waals surface area (Å²) in [4.78, 5) is 16.2. The number of fused-ring (bicyclic) bond motifs is 1. The van der Waals surface area contributed by atoms with Gasteiger partial charge in [-0.2, -0.15) is 5.10 Å². The van der Waals surface area contributed by atoms with Crippen molar-refractivity contribution in [1.82, 2.24) is 14.8 Å². The van der Waals surface area contributed by atoms with Gasteiger partial charge in [-0.1, -0.05) is 12.1 Å². The van der Waals surface area contributed by atoms with Gasteiger partial charge in [-0.05, 0) is 44.0 Å². The Hall–Kier alpha value is -2.97. The number of aromatic nitrogens is 3. The Balaban J connectivity index is 1.99. The number of alkyl halides is 4. The molecule has 0 radical (unpaired) electrons. The molecule has 2 heterocycles. The Morgan fingerprint density at radius 3 is 2.46 bits per heavy atom. The van der Waals surface area contributed by atoms with Gasteiger partial charge in [0.2, 0.25) is 5.91 Å². The molecule has 148 valence electrons. The molecule has 0 fully saturated rings. The van der Waals surface area contributed by atoms with Gasteiger partial charge in [0.05, 0.1) is 11.1 Å². The Morgan fingerprint density at radius 1 is 1.11 bits per heavy atom. The van der Waals surface area contributed by atoms with Crippen molar-refractivity contribution in [3.05, 3.63) is 52.3 Å². The number of hydrogen-bond donors (Lipinski definition) is 1. The molecule has 0 saturated carbocycles. The van der Waals surface area contributed by atoms with Gasteiger partial charge in [0.25, 0.3) is 12.9 Å². The van der Waals surface area contributed by atoms with E-state index in [-0.39, 0.29) is 23.3 Å². The predicted octanol–water partition coefficient (Wildman–Crippen LogP) is 4.87. The number of aryl methyl sites for hydroxylation is 3. The molecule has 0 spiro atoms. The Morgan fingerprint density at radius 2 is 1.82 bits per heavy atom. The maximum atomic E-state index is 13.4. The van der Waals surface area contributed by atoms with E-state index in [1.165, 1.54) is 6.92 Å². The van der Waals surface area contributed by atoms with E-state index in [2.05, 4.69) is 15.4 Å². The van der Waals surface area contributed by atoms with Gasteiger partial charge in [-0.3, -0.25) is 4.79 Å². The maximum Gasteiger partial charge on any atom is 0.280 e. The molecule has 0 aliphatic carbocycles. The van der Waals surface area contributed by atoms with Gasteiger partial charge in [-0.25, -0.2) is 27.2 Å². The summed E-state index contributed by atoms with van der Waals surface area (Å²) in [5, 5.41) is 6.78. The summed E-state index contributed by atoms with van der Waals surface area (Å²) >= 11 is 0. The highest BCUT2D eigenvalue weighted by molar-refractivity contribution is 5.92. The fraction of sp³-hybridized carbons (Fsp3) is 0.316. The number of anilines is 1. The van der Waals surface area contributed by atoms with Crippen molar-refractivity contribution in [3.63, 3.8) is 0 Å². The van der Waals surface area contributed by atoms with E-state index in [1.807, 2.05) is 26.0 Å². The third kappa shape index (κ3) is 3.83. The first kappa shape index (κ1) is 19.8. The fourth-order valence-corrected chi connectivity index (χ4v) is 3.00. The van der Waals surface area contributed by atoms with Crippen LogP contribution in [0.25, 0.3) is 11.0 Å². The molecular formula is C19H18F4N4O. The third-order valence-electron chi connectivity index (χ3n) is 4.35. The van der Waals surface area contributed by atoms with Crippen molar-refractivity contribution in [1.29, 1.82) is 0 Å². The Labute approximate surface area is 158 Å². The fourth-order valence-electron chi connectivity index (χ4n) is 3.00. The lowest BCUT2D eigenvalue weighted by molar-refractivity contribution is -0.116. The number of halogens is 4. The molecule has 1 N–H and O–H groups in total. The number of rotatable bonds is 5. The van der Waals surface area contributed by atoms with E-state index in [0.717, 1.165) is 15.8 Å². The van der Waals surface area contributed by atoms with Crippen LogP contribution < -0.4 is 5.32 Å². The van der Waals surface area contributed by atoms with Gasteiger partial charge in [-0.15, -0.1) is 0 Å². The molecule has 3 rings (SSSR count). The van der Waals surface area contributed by atoms with E-state index in [4.69, 9.17) is 0 Å². The van der Waals surface area contributed by atoms with Gasteiger partial charge in [0, 0.05) is 11.3 Å². The summed E-state index contributed by atoms with van der Waals surface area (Å²) in [6, 6.07) is 6.23. The zero-order valence-corrected chi connectivity index (χ0v) is 15.4. The minimum Gasteiger partial charge on any atom is -0.324 e. The van der Waals surface area contributed by atoms with Crippen LogP contribution in [0.4, 0.5) is 23.2 Å². The summed E-state index contributed by atoms with van der Waals surface area (Å²) in [5.41, 5.74) is 1.08. The van der Waals surface area contributed by atoms with Crippen LogP contribution in [0.1, 0.15) is 40.9 Å². The number of carbonyl (C=O) groups is 1. The first-order valence-electron chi connectivity index (χ1n) is 8.48. The smallest absolute Gasteiger partial charge is 0.280 e. The summed E-state index contributed by atoms with van der Waals surface area (Å²) in [5.74, 6) is -0.471. The van der Waals surface area contributed by atoms with Gasteiger partial charge >= 0.3 is 0 Å². The van der Waals surface area contributed by atoms with Crippen molar-refractivity contribution in [2.24, 2.45) is 0 Å². The first-order chi connectivity index (χ1) is 13.2. The van der Waals surface area contributed by atoms with Crippen LogP contribution in [0.2, 0.25) is 0 Å². The summed E-state index contributed by atoms with van der Waals surface area (Å²) in [7, 11) is 0. The molecule has 0 unspecified atom stereocenters. The highest BCUT2D eigenvalue weighted by atomic mass is 19.3. The SMILES string of the molecule is Cc1ccc(C)c(NC(=O)Cn2nc(C)c3c(C(F)F)cc(C(F)F)nc32)c1. The predicted molar refractivity (Wildman–Crippen MR) is 96.7 cm³/mol. The topological polar surface area (TPSA) is 59.8 Å². The van der Waals surface area contributed by atoms with Crippen LogP contribution >= 0.6 is 0 Å². The van der Waals surface area contributed by atoms with Crippen LogP contribution in [0.3, 0.4) is 0 Å². The number of hydrogen-bond acceptors (Lipinski definition) is 3. The normalized spacial score (nSPS) is 11.6. The third-order valence-corrected chi connectivity index (χ3v) is 4.35. The zero-order valence-electron chi connectivity index (χ0n) is 15.4. The van der Waals surface area contributed by atoms with E-state index in [9.17, 15) is 22.4 Å². The summed E-state index contributed by atoms with van der Waals surface area (Å²) in [6.45, 7) is 4.83. The molecule has 3 aromatic rings. The number of amides is 1. The summed E-state index contributed by atoms with van der Waals surface area (Å²) < 4.78 is 54.0. The van der Waals surface area contributed by atoms with E-state index in [1.54, 1.807) is 6.07 Å². The van der Waals surface area contributed by atoms with Crippen molar-refractivity contribution >= 4 is 22.6 Å². The van der Waals surface area contributed by atoms with Gasteiger partial charge in [0.15, 0.2) is 5.65 Å². The largest absolute Gasteiger partial charge is 0.324 e. The second-order valence-corrected chi connectivity index (χ2v) is 6.55. The quantitative estimate of drug-likeness (QED) is 0.628. The number of nitrogens with zero attached hydrogens (tertiary/aromatic N) is 3. The lowest BCUT2D eigenvalue weighted by Gasteiger charge is -2.10. The molecule has 0 atom stereocenters. The molecule has 0 aliphatic heterocycles. The molecular weight excluding hydrogens is 376 g/mol. The molecule has 5 nitrogen and oxygen atoms in total. The van der Waals surface area contributed by atoms with Crippen molar-refractivity contribution in [2.45, 2.75) is 40.2 Å². The van der Waals surface area contributed by atoms with E-state index < -0.39 is 30.0 Å². The number of nitrogens with one attached hydrogen (secondary N) is 1. The Bertz CT molecular complexity index is 1050. The molecule has 0 saturated heterocycles. The zero-order chi connectivity index (χ0) is 20.6. The minimum atomic E-state index is -3.02. The molecule has 0 aliphatic rings. The number of benzene rings is 1. The van der Waals surface area contributed by atoms with Crippen LogP contribution in [0, 0.1) is 20.8 Å². The second kappa shape index (κ2) is 7.57. The second-order valence-electron chi connectivity index (χ2n) is 6.55. The average molecular weight is 394 g/mol. The Kier molecular flexibility index (Phi) is 5.35. The van der Waals surface area contributed by atoms with Crippen molar-refractivity contribution in [2.75, 3.05) is 5.32 Å². The minimum absolute atomic E-state index is 0.0149. The standard InChI is InChI=1S/C19H18F4N4O/c1-9-4-5-10(2)13(6-9)24-15(28)8-27-19-16(11(3)26-27)12(17(20)21)7-14(25-19)18(22)23/h4-7,17-18H,8H2,1-3H3,(H,24,28). The van der Waals surface area contributed by atoms with Crippen LogP contribution in [0.15, 0.2) is 24.3 Å². The van der Waals surface area contributed by atoms with Gasteiger partial charge < -0.3 is 5.32 Å². The van der Waals surface area contributed by atoms with Crippen molar-refractivity contribution in [3.8, 4) is 0 Å². The molecule has 28 heavy (non-hydrogen) atoms. The monoisotopic (exact) mass is 394 g/mol. The molecule has 9 heteroatoms. The molecule has 0 bridgehead atoms. The summed E-state index contributed by atoms with van der Waals surface area (Å²) in [6.07, 6.45) is -5.99. The molecule has 2 aromatic heterocycles. The molecule has 1 amide bonds. The maximum absolute atomic E-state index is 13.4. The van der Waals surface area contributed by atoms with Crippen LogP contribution in [0.5, 0.6) is 0 Å². The lowest BCUT2D eigenvalue weighted by Crippen LogP contribution is -2.20. The number of pyridine rings is 1. The lowest BCUT2D eigenvalue weighted by atomic mass is 10.1. The first-order valence-corrected chi connectivity index (χ1v) is 8.48. The van der Waals surface area contributed by atoms with Gasteiger partial charge in [0.1, 0.15) is 12.2 Å². The average Bonchev–Trinajstić information content (AvgIpc) is 2.93.